The number of anilines is 2. The number of nitrogens with zero attached hydrogens (tertiary/aromatic N) is 1. The van der Waals surface area contributed by atoms with Crippen LogP contribution < -0.4 is 16.0 Å². The Labute approximate surface area is 301 Å². The first kappa shape index (κ1) is 34.3. The van der Waals surface area contributed by atoms with E-state index in [1.54, 1.807) is 66.7 Å². The minimum atomic E-state index is -0.599. The predicted molar refractivity (Wildman–Crippen MR) is 200 cm³/mol. The maximum atomic E-state index is 13.7. The Bertz CT molecular complexity index is 2130. The van der Waals surface area contributed by atoms with E-state index < -0.39 is 22.9 Å². The van der Waals surface area contributed by atoms with Gasteiger partial charge < -0.3 is 16.0 Å². The van der Waals surface area contributed by atoms with Crippen LogP contribution in [-0.4, -0.2) is 22.7 Å². The number of nitrogens with one attached hydrogen (secondary N) is 3. The van der Waals surface area contributed by atoms with E-state index >= 15 is 0 Å². The van der Waals surface area contributed by atoms with Crippen molar-refractivity contribution in [2.24, 2.45) is 0 Å². The van der Waals surface area contributed by atoms with Crippen molar-refractivity contribution < 1.29 is 18.8 Å². The molecule has 50 heavy (non-hydrogen) atoms. The highest BCUT2D eigenvalue weighted by atomic mass is 35.5. The number of hydrogen-bond acceptors (Lipinski definition) is 6. The van der Waals surface area contributed by atoms with Crippen LogP contribution in [0.1, 0.15) is 26.7 Å². The third-order valence-corrected chi connectivity index (χ3v) is 9.57. The summed E-state index contributed by atoms with van der Waals surface area (Å²) in [5, 5.41) is 10.8. The van der Waals surface area contributed by atoms with Crippen LogP contribution in [0.2, 0.25) is 5.02 Å². The highest BCUT2D eigenvalue weighted by Gasteiger charge is 2.23. The molecule has 11 heteroatoms. The molecule has 6 rings (SSSR count). The molecule has 0 spiro atoms. The van der Waals surface area contributed by atoms with Crippen LogP contribution in [0.4, 0.5) is 15.2 Å². The van der Waals surface area contributed by atoms with Crippen LogP contribution in [-0.2, 0) is 9.59 Å². The number of thioether (sulfide) groups is 1. The van der Waals surface area contributed by atoms with Gasteiger partial charge in [0.2, 0.25) is 5.91 Å². The first-order valence-electron chi connectivity index (χ1n) is 15.3. The number of amides is 3. The van der Waals surface area contributed by atoms with Crippen LogP contribution >= 0.6 is 34.7 Å². The topological polar surface area (TPSA) is 100 Å². The van der Waals surface area contributed by atoms with Gasteiger partial charge in [0.15, 0.2) is 5.13 Å². The fourth-order valence-corrected chi connectivity index (χ4v) is 6.65. The summed E-state index contributed by atoms with van der Waals surface area (Å²) in [5.41, 5.74) is 3.79. The number of rotatable bonds is 11. The standard InChI is InChI=1S/C39H28ClFN4O3S2/c40-29-15-13-26(14-16-29)34-24-49-39(44-34)45-38(48)35(27-7-3-1-4-8-27)50-32-21-19-31(20-22-32)42-37(47)33(23-25-11-17-30(41)18-12-25)43-36(46)28-9-5-2-6-10-28/h1-24,35H,(H,42,47)(H,43,46)(H,44,45,48)/b33-23-. The number of halogens is 2. The Kier molecular flexibility index (Phi) is 11.1. The maximum Gasteiger partial charge on any atom is 0.272 e. The lowest BCUT2D eigenvalue weighted by atomic mass is 10.1. The summed E-state index contributed by atoms with van der Waals surface area (Å²) in [6.45, 7) is 0. The molecule has 3 amide bonds. The van der Waals surface area contributed by atoms with Gasteiger partial charge in [-0.2, -0.15) is 0 Å². The molecule has 0 bridgehead atoms. The fourth-order valence-electron chi connectivity index (χ4n) is 4.78. The van der Waals surface area contributed by atoms with Gasteiger partial charge >= 0.3 is 0 Å². The first-order valence-corrected chi connectivity index (χ1v) is 17.4. The van der Waals surface area contributed by atoms with E-state index in [0.29, 0.717) is 27.0 Å². The van der Waals surface area contributed by atoms with E-state index in [2.05, 4.69) is 20.9 Å². The summed E-state index contributed by atoms with van der Waals surface area (Å²) >= 11 is 8.71. The Morgan fingerprint density at radius 1 is 0.780 bits per heavy atom. The molecule has 0 saturated carbocycles. The second-order valence-corrected chi connectivity index (χ2v) is 13.3. The zero-order chi connectivity index (χ0) is 34.9. The molecule has 1 atom stereocenters. The summed E-state index contributed by atoms with van der Waals surface area (Å²) < 4.78 is 13.5. The van der Waals surface area contributed by atoms with Crippen LogP contribution in [0.3, 0.4) is 0 Å². The summed E-state index contributed by atoms with van der Waals surface area (Å²) in [4.78, 5) is 45.4. The smallest absolute Gasteiger partial charge is 0.272 e. The van der Waals surface area contributed by atoms with Crippen LogP contribution in [0, 0.1) is 5.82 Å². The van der Waals surface area contributed by atoms with Crippen molar-refractivity contribution in [2.45, 2.75) is 10.1 Å². The summed E-state index contributed by atoms with van der Waals surface area (Å²) in [5.74, 6) is -1.69. The number of benzene rings is 5. The van der Waals surface area contributed by atoms with E-state index in [0.717, 1.165) is 21.7 Å². The molecule has 0 fully saturated rings. The molecule has 0 aliphatic carbocycles. The van der Waals surface area contributed by atoms with Gasteiger partial charge in [-0.05, 0) is 77.9 Å². The molecule has 3 N–H and O–H groups in total. The molecule has 0 radical (unpaired) electrons. The van der Waals surface area contributed by atoms with Crippen molar-refractivity contribution in [1.82, 2.24) is 10.3 Å². The van der Waals surface area contributed by atoms with Gasteiger partial charge in [0.25, 0.3) is 11.8 Å². The zero-order valence-electron chi connectivity index (χ0n) is 26.2. The van der Waals surface area contributed by atoms with Crippen molar-refractivity contribution in [2.75, 3.05) is 10.6 Å². The van der Waals surface area contributed by atoms with Crippen LogP contribution in [0.15, 0.2) is 149 Å². The van der Waals surface area contributed by atoms with Crippen LogP contribution in [0.5, 0.6) is 0 Å². The van der Waals surface area contributed by atoms with Crippen molar-refractivity contribution in [1.29, 1.82) is 0 Å². The average Bonchev–Trinajstić information content (AvgIpc) is 3.61. The Hall–Kier alpha value is -5.55. The maximum absolute atomic E-state index is 13.7. The zero-order valence-corrected chi connectivity index (χ0v) is 28.6. The monoisotopic (exact) mass is 718 g/mol. The van der Waals surface area contributed by atoms with E-state index in [-0.39, 0.29) is 11.6 Å². The van der Waals surface area contributed by atoms with Gasteiger partial charge in [0.1, 0.15) is 16.8 Å². The summed E-state index contributed by atoms with van der Waals surface area (Å²) in [6.07, 6.45) is 1.48. The normalized spacial score (nSPS) is 11.8. The van der Waals surface area contributed by atoms with Gasteiger partial charge in [-0.3, -0.25) is 14.4 Å². The molecular formula is C39H28ClFN4O3S2. The lowest BCUT2D eigenvalue weighted by molar-refractivity contribution is -0.116. The first-order chi connectivity index (χ1) is 24.3. The molecule has 1 unspecified atom stereocenters. The predicted octanol–water partition coefficient (Wildman–Crippen LogP) is 9.48. The molecule has 248 valence electrons. The fraction of sp³-hybridized carbons (Fsp3) is 0.0256. The number of carbonyl (C=O) groups is 3. The summed E-state index contributed by atoms with van der Waals surface area (Å²) in [7, 11) is 0. The molecule has 1 aromatic heterocycles. The number of carbonyl (C=O) groups excluding carboxylic acids is 3. The largest absolute Gasteiger partial charge is 0.321 e. The van der Waals surface area contributed by atoms with E-state index in [1.165, 1.54) is 53.4 Å². The molecule has 5 aromatic carbocycles. The molecule has 7 nitrogen and oxygen atoms in total. The van der Waals surface area contributed by atoms with E-state index in [4.69, 9.17) is 11.6 Å². The van der Waals surface area contributed by atoms with Crippen molar-refractivity contribution >= 4 is 69.3 Å². The Morgan fingerprint density at radius 3 is 2.12 bits per heavy atom. The van der Waals surface area contributed by atoms with Crippen molar-refractivity contribution in [3.8, 4) is 11.3 Å². The van der Waals surface area contributed by atoms with Gasteiger partial charge in [-0.15, -0.1) is 23.1 Å². The molecule has 0 aliphatic rings. The molecular weight excluding hydrogens is 691 g/mol. The second kappa shape index (κ2) is 16.2. The lowest BCUT2D eigenvalue weighted by Crippen LogP contribution is -2.30. The van der Waals surface area contributed by atoms with Crippen molar-refractivity contribution in [3.63, 3.8) is 0 Å². The number of aromatic nitrogens is 1. The average molecular weight is 719 g/mol. The van der Waals surface area contributed by atoms with Gasteiger partial charge in [-0.1, -0.05) is 84.4 Å². The van der Waals surface area contributed by atoms with Gasteiger partial charge in [0, 0.05) is 32.1 Å². The van der Waals surface area contributed by atoms with E-state index in [9.17, 15) is 18.8 Å². The van der Waals surface area contributed by atoms with Gasteiger partial charge in [0.05, 0.1) is 5.69 Å². The van der Waals surface area contributed by atoms with Crippen molar-refractivity contribution in [3.05, 3.63) is 172 Å². The Balaban J connectivity index is 1.16. The number of hydrogen-bond donors (Lipinski definition) is 3. The SMILES string of the molecule is O=C(Nc1ccc(SC(C(=O)Nc2nc(-c3ccc(Cl)cc3)cs2)c2ccccc2)cc1)/C(=C/c1ccc(F)cc1)NC(=O)c1ccccc1. The molecule has 0 saturated heterocycles. The highest BCUT2D eigenvalue weighted by Crippen LogP contribution is 2.37. The number of thiazole rings is 1. The Morgan fingerprint density at radius 2 is 1.44 bits per heavy atom. The third-order valence-electron chi connectivity index (χ3n) is 7.29. The van der Waals surface area contributed by atoms with Crippen LogP contribution in [0.25, 0.3) is 17.3 Å². The molecule has 6 aromatic rings. The lowest BCUT2D eigenvalue weighted by Gasteiger charge is -2.17. The van der Waals surface area contributed by atoms with E-state index in [1.807, 2.05) is 47.8 Å². The quantitative estimate of drug-likeness (QED) is 0.0916. The molecule has 0 aliphatic heterocycles. The third kappa shape index (κ3) is 9.12. The molecule has 1 heterocycles. The second-order valence-electron chi connectivity index (χ2n) is 10.9. The van der Waals surface area contributed by atoms with Gasteiger partial charge in [-0.25, -0.2) is 9.37 Å². The highest BCUT2D eigenvalue weighted by molar-refractivity contribution is 8.00. The minimum Gasteiger partial charge on any atom is -0.321 e. The minimum absolute atomic E-state index is 0.0221. The summed E-state index contributed by atoms with van der Waals surface area (Å²) in [6, 6.07) is 37.9.